The molecular weight excluding hydrogens is 250 g/mol. The maximum Gasteiger partial charge on any atom is 0.256 e. The molecule has 0 saturated heterocycles. The molecule has 0 unspecified atom stereocenters. The quantitative estimate of drug-likeness (QED) is 0.851. The van der Waals surface area contributed by atoms with E-state index in [2.05, 4.69) is 41.9 Å². The molecule has 0 N–H and O–H groups in total. The molecule has 1 aliphatic rings. The highest BCUT2D eigenvalue weighted by Crippen LogP contribution is 2.24. The number of rotatable bonds is 4. The van der Waals surface area contributed by atoms with Crippen LogP contribution in [0.2, 0.25) is 0 Å². The first-order chi connectivity index (χ1) is 9.66. The molecule has 1 aromatic heterocycles. The molecule has 3 rings (SSSR count). The van der Waals surface area contributed by atoms with Gasteiger partial charge in [0.1, 0.15) is 0 Å². The van der Waals surface area contributed by atoms with Gasteiger partial charge in [-0.05, 0) is 39.2 Å². The molecule has 20 heavy (non-hydrogen) atoms. The fraction of sp³-hybridized carbons (Fsp3) is 0.438. The molecule has 1 aromatic carbocycles. The molecule has 0 radical (unpaired) electrons. The Balaban J connectivity index is 1.85. The lowest BCUT2D eigenvalue weighted by molar-refractivity contribution is 0.0753. The van der Waals surface area contributed by atoms with Gasteiger partial charge in [-0.25, -0.2) is 0 Å². The van der Waals surface area contributed by atoms with E-state index in [0.29, 0.717) is 0 Å². The first-order valence-electron chi connectivity index (χ1n) is 7.18. The summed E-state index contributed by atoms with van der Waals surface area (Å²) in [5, 5.41) is 1.16. The van der Waals surface area contributed by atoms with Crippen molar-refractivity contribution in [1.29, 1.82) is 0 Å². The van der Waals surface area contributed by atoms with Gasteiger partial charge in [-0.1, -0.05) is 12.1 Å². The van der Waals surface area contributed by atoms with Crippen LogP contribution in [0.4, 0.5) is 0 Å². The Labute approximate surface area is 119 Å². The van der Waals surface area contributed by atoms with Gasteiger partial charge < -0.3 is 14.4 Å². The van der Waals surface area contributed by atoms with Crippen molar-refractivity contribution in [1.82, 2.24) is 14.4 Å². The summed E-state index contributed by atoms with van der Waals surface area (Å²) < 4.78 is 2.20. The lowest BCUT2D eigenvalue weighted by Gasteiger charge is -2.21. The van der Waals surface area contributed by atoms with Crippen LogP contribution in [0.1, 0.15) is 16.8 Å². The Bertz CT molecular complexity index is 630. The van der Waals surface area contributed by atoms with Gasteiger partial charge in [-0.2, -0.15) is 0 Å². The van der Waals surface area contributed by atoms with Gasteiger partial charge in [0.15, 0.2) is 0 Å². The maximum atomic E-state index is 12.7. The summed E-state index contributed by atoms with van der Waals surface area (Å²) in [6.45, 7) is 3.53. The molecule has 0 saturated carbocycles. The first-order valence-corrected chi connectivity index (χ1v) is 7.18. The van der Waals surface area contributed by atoms with Crippen LogP contribution in [0.3, 0.4) is 0 Å². The lowest BCUT2D eigenvalue weighted by Crippen LogP contribution is -2.34. The molecule has 0 fully saturated rings. The van der Waals surface area contributed by atoms with E-state index in [0.717, 1.165) is 49.1 Å². The van der Waals surface area contributed by atoms with Crippen LogP contribution >= 0.6 is 0 Å². The Hall–Kier alpha value is -1.81. The van der Waals surface area contributed by atoms with Gasteiger partial charge in [-0.15, -0.1) is 0 Å². The Morgan fingerprint density at radius 3 is 2.85 bits per heavy atom. The predicted octanol–water partition coefficient (Wildman–Crippen LogP) is 2.05. The lowest BCUT2D eigenvalue weighted by atomic mass is 10.1. The normalized spacial score (nSPS) is 15.2. The van der Waals surface area contributed by atoms with Crippen molar-refractivity contribution >= 4 is 16.8 Å². The highest BCUT2D eigenvalue weighted by atomic mass is 16.2. The summed E-state index contributed by atoms with van der Waals surface area (Å²) in [7, 11) is 4.13. The first kappa shape index (κ1) is 13.2. The highest BCUT2D eigenvalue weighted by molar-refractivity contribution is 6.06. The molecule has 1 amide bonds. The second-order valence-corrected chi connectivity index (χ2v) is 5.70. The van der Waals surface area contributed by atoms with E-state index in [4.69, 9.17) is 0 Å². The van der Waals surface area contributed by atoms with Gasteiger partial charge >= 0.3 is 0 Å². The van der Waals surface area contributed by atoms with Gasteiger partial charge in [0.25, 0.3) is 5.91 Å². The molecule has 2 aromatic rings. The van der Waals surface area contributed by atoms with Gasteiger partial charge in [0.2, 0.25) is 0 Å². The standard InChI is InChI=1S/C16H21N3O/c1-17(2)8-4-9-19-12-11-18-10-7-13-5-3-6-14(15(13)18)16(19)20/h3,5-7,10H,4,8-9,11-12H2,1-2H3. The van der Waals surface area contributed by atoms with Gasteiger partial charge in [0.05, 0.1) is 11.1 Å². The van der Waals surface area contributed by atoms with E-state index >= 15 is 0 Å². The number of hydrogen-bond donors (Lipinski definition) is 0. The number of benzene rings is 1. The van der Waals surface area contributed by atoms with Crippen LogP contribution in [0.15, 0.2) is 30.5 Å². The minimum Gasteiger partial charge on any atom is -0.345 e. The smallest absolute Gasteiger partial charge is 0.256 e. The van der Waals surface area contributed by atoms with E-state index in [-0.39, 0.29) is 5.91 Å². The van der Waals surface area contributed by atoms with Crippen molar-refractivity contribution in [2.45, 2.75) is 13.0 Å². The molecule has 4 heteroatoms. The van der Waals surface area contributed by atoms with Crippen molar-refractivity contribution in [2.75, 3.05) is 33.7 Å². The molecule has 0 aliphatic carbocycles. The fourth-order valence-electron chi connectivity index (χ4n) is 2.91. The predicted molar refractivity (Wildman–Crippen MR) is 81.0 cm³/mol. The molecule has 2 heterocycles. The minimum absolute atomic E-state index is 0.173. The minimum atomic E-state index is 0.173. The molecule has 0 atom stereocenters. The van der Waals surface area contributed by atoms with Crippen LogP contribution < -0.4 is 0 Å². The van der Waals surface area contributed by atoms with Crippen molar-refractivity contribution in [3.63, 3.8) is 0 Å². The number of amides is 1. The molecule has 106 valence electrons. The van der Waals surface area contributed by atoms with E-state index in [1.807, 2.05) is 17.0 Å². The SMILES string of the molecule is CN(C)CCCN1CCn2ccc3cccc(c32)C1=O. The number of aromatic nitrogens is 1. The number of carbonyl (C=O) groups is 1. The second kappa shape index (κ2) is 5.29. The van der Waals surface area contributed by atoms with Crippen LogP contribution in [0.5, 0.6) is 0 Å². The van der Waals surface area contributed by atoms with E-state index in [1.165, 1.54) is 0 Å². The summed E-state index contributed by atoms with van der Waals surface area (Å²) in [4.78, 5) is 16.8. The summed E-state index contributed by atoms with van der Waals surface area (Å²) in [6, 6.07) is 8.09. The second-order valence-electron chi connectivity index (χ2n) is 5.70. The summed E-state index contributed by atoms with van der Waals surface area (Å²) in [5.41, 5.74) is 1.93. The zero-order chi connectivity index (χ0) is 14.1. The average molecular weight is 271 g/mol. The third kappa shape index (κ3) is 2.31. The summed E-state index contributed by atoms with van der Waals surface area (Å²) in [5.74, 6) is 0.173. The monoisotopic (exact) mass is 271 g/mol. The molecule has 0 bridgehead atoms. The maximum absolute atomic E-state index is 12.7. The van der Waals surface area contributed by atoms with Gasteiger partial charge in [-0.3, -0.25) is 4.79 Å². The van der Waals surface area contributed by atoms with E-state index in [9.17, 15) is 4.79 Å². The number of carbonyl (C=O) groups excluding carboxylic acids is 1. The Morgan fingerprint density at radius 2 is 2.05 bits per heavy atom. The van der Waals surface area contributed by atoms with Crippen LogP contribution in [0.25, 0.3) is 10.9 Å². The average Bonchev–Trinajstić information content (AvgIpc) is 2.78. The van der Waals surface area contributed by atoms with Crippen molar-refractivity contribution in [3.8, 4) is 0 Å². The molecular formula is C16H21N3O. The van der Waals surface area contributed by atoms with Crippen molar-refractivity contribution < 1.29 is 4.79 Å². The summed E-state index contributed by atoms with van der Waals surface area (Å²) >= 11 is 0. The Morgan fingerprint density at radius 1 is 1.20 bits per heavy atom. The number of nitrogens with zero attached hydrogens (tertiary/aromatic N) is 3. The number of para-hydroxylation sites is 1. The van der Waals surface area contributed by atoms with E-state index < -0.39 is 0 Å². The topological polar surface area (TPSA) is 28.5 Å². The third-order valence-corrected chi connectivity index (χ3v) is 3.95. The molecule has 0 spiro atoms. The van der Waals surface area contributed by atoms with Crippen molar-refractivity contribution in [2.24, 2.45) is 0 Å². The Kier molecular flexibility index (Phi) is 3.49. The van der Waals surface area contributed by atoms with Crippen LogP contribution in [0, 0.1) is 0 Å². The zero-order valence-corrected chi connectivity index (χ0v) is 12.2. The molecule has 1 aliphatic heterocycles. The summed E-state index contributed by atoms with van der Waals surface area (Å²) in [6.07, 6.45) is 3.11. The fourth-order valence-corrected chi connectivity index (χ4v) is 2.91. The number of hydrogen-bond acceptors (Lipinski definition) is 2. The zero-order valence-electron chi connectivity index (χ0n) is 12.2. The van der Waals surface area contributed by atoms with E-state index in [1.54, 1.807) is 0 Å². The van der Waals surface area contributed by atoms with Crippen LogP contribution in [-0.2, 0) is 6.54 Å². The van der Waals surface area contributed by atoms with Crippen molar-refractivity contribution in [3.05, 3.63) is 36.0 Å². The highest BCUT2D eigenvalue weighted by Gasteiger charge is 2.22. The molecule has 4 nitrogen and oxygen atoms in total. The van der Waals surface area contributed by atoms with Crippen LogP contribution in [-0.4, -0.2) is 54.0 Å². The third-order valence-electron chi connectivity index (χ3n) is 3.95. The van der Waals surface area contributed by atoms with Gasteiger partial charge in [0, 0.05) is 31.2 Å². The largest absolute Gasteiger partial charge is 0.345 e.